The number of aliphatic carboxylic acids is 1. The lowest BCUT2D eigenvalue weighted by atomic mass is 9.98. The van der Waals surface area contributed by atoms with E-state index in [0.717, 1.165) is 58.6 Å². The second-order valence-corrected chi connectivity index (χ2v) is 11.7. The van der Waals surface area contributed by atoms with Crippen molar-refractivity contribution in [2.24, 2.45) is 0 Å². The van der Waals surface area contributed by atoms with Crippen LogP contribution < -0.4 is 5.32 Å². The first-order valence-corrected chi connectivity index (χ1v) is 15.6. The van der Waals surface area contributed by atoms with Crippen molar-refractivity contribution in [2.45, 2.75) is 57.3 Å². The summed E-state index contributed by atoms with van der Waals surface area (Å²) in [5.41, 5.74) is 6.75. The Labute approximate surface area is 269 Å². The minimum atomic E-state index is -0.993. The number of rotatable bonds is 14. The molecule has 0 aliphatic carbocycles. The highest BCUT2D eigenvalue weighted by Crippen LogP contribution is 2.39. The van der Waals surface area contributed by atoms with Gasteiger partial charge in [-0.25, -0.2) is 0 Å². The summed E-state index contributed by atoms with van der Waals surface area (Å²) >= 11 is 0. The van der Waals surface area contributed by atoms with Gasteiger partial charge in [-0.15, -0.1) is 0 Å². The molecule has 3 N–H and O–H groups in total. The van der Waals surface area contributed by atoms with Gasteiger partial charge in [0.25, 0.3) is 0 Å². The van der Waals surface area contributed by atoms with E-state index in [1.54, 1.807) is 0 Å². The van der Waals surface area contributed by atoms with Crippen LogP contribution in [-0.2, 0) is 38.6 Å². The first kappa shape index (κ1) is 33.0. The van der Waals surface area contributed by atoms with Crippen molar-refractivity contribution in [1.29, 1.82) is 0 Å². The van der Waals surface area contributed by atoms with Crippen LogP contribution in [0.1, 0.15) is 59.6 Å². The molecular weight excluding hydrogens is 582 g/mol. The number of nitrogens with one attached hydrogen (secondary N) is 1. The number of carboxylic acids is 1. The van der Waals surface area contributed by atoms with Gasteiger partial charge in [-0.1, -0.05) is 66.7 Å². The van der Waals surface area contributed by atoms with Gasteiger partial charge in [0.15, 0.2) is 6.29 Å². The fourth-order valence-electron chi connectivity index (χ4n) is 5.56. The molecule has 3 atom stereocenters. The van der Waals surface area contributed by atoms with Crippen LogP contribution in [0.3, 0.4) is 0 Å². The number of amides is 1. The number of aliphatic hydroxyl groups excluding tert-OH is 1. The van der Waals surface area contributed by atoms with Crippen LogP contribution in [0.5, 0.6) is 0 Å². The molecule has 5 rings (SSSR count). The highest BCUT2D eigenvalue weighted by Gasteiger charge is 2.33. The number of pyridine rings is 1. The Balaban J connectivity index is 1.30. The standard InChI is InChI=1S/C37H41N3O6/c1-40(19-17-32-10-2-3-18-38-32)24-33-22-34(28-13-11-26(25-41)12-14-28)46-37(45-33)31-9-5-8-30(21-31)29-7-4-6-27(20-29)23-39-35(42)15-16-36(43)44/h2-14,18,20-21,33-34,37,41H,15-17,19,22-25H2,1H3,(H,39,42)(H,43,44)/t33-,34+,37+/m0/s1. The molecule has 1 aliphatic rings. The summed E-state index contributed by atoms with van der Waals surface area (Å²) in [6, 6.07) is 29.9. The van der Waals surface area contributed by atoms with E-state index in [4.69, 9.17) is 14.6 Å². The third kappa shape index (κ3) is 9.55. The number of ether oxygens (including phenoxy) is 2. The molecule has 3 aromatic carbocycles. The summed E-state index contributed by atoms with van der Waals surface area (Å²) in [6.07, 6.45) is 2.28. The number of carboxylic acid groups (broad SMARTS) is 1. The Hall–Kier alpha value is -4.41. The average molecular weight is 624 g/mol. The fourth-order valence-corrected chi connectivity index (χ4v) is 5.56. The molecule has 0 spiro atoms. The molecule has 4 aromatic rings. The van der Waals surface area contributed by atoms with E-state index in [0.29, 0.717) is 13.0 Å². The number of nitrogens with zero attached hydrogens (tertiary/aromatic N) is 2. The zero-order chi connectivity index (χ0) is 32.3. The number of carbonyl (C=O) groups is 2. The summed E-state index contributed by atoms with van der Waals surface area (Å²) < 4.78 is 13.2. The summed E-state index contributed by atoms with van der Waals surface area (Å²) in [5, 5.41) is 21.2. The highest BCUT2D eigenvalue weighted by atomic mass is 16.7. The number of aromatic nitrogens is 1. The average Bonchev–Trinajstić information content (AvgIpc) is 3.09. The molecule has 9 heteroatoms. The van der Waals surface area contributed by atoms with Gasteiger partial charge in [-0.05, 0) is 59.1 Å². The number of aliphatic hydroxyl groups is 1. The second-order valence-electron chi connectivity index (χ2n) is 11.7. The molecule has 46 heavy (non-hydrogen) atoms. The molecule has 0 saturated carbocycles. The van der Waals surface area contributed by atoms with E-state index in [1.807, 2.05) is 91.1 Å². The predicted molar refractivity (Wildman–Crippen MR) is 174 cm³/mol. The molecule has 0 bridgehead atoms. The Bertz CT molecular complexity index is 1580. The lowest BCUT2D eigenvalue weighted by molar-refractivity contribution is -0.252. The number of hydrogen-bond acceptors (Lipinski definition) is 7. The van der Waals surface area contributed by atoms with Crippen molar-refractivity contribution in [3.8, 4) is 11.1 Å². The zero-order valence-electron chi connectivity index (χ0n) is 26.0. The van der Waals surface area contributed by atoms with Crippen molar-refractivity contribution in [3.63, 3.8) is 0 Å². The van der Waals surface area contributed by atoms with Crippen LogP contribution in [0, 0.1) is 0 Å². The van der Waals surface area contributed by atoms with E-state index >= 15 is 0 Å². The van der Waals surface area contributed by atoms with E-state index in [9.17, 15) is 14.7 Å². The van der Waals surface area contributed by atoms with Gasteiger partial charge in [0, 0.05) is 56.4 Å². The molecule has 0 radical (unpaired) electrons. The summed E-state index contributed by atoms with van der Waals surface area (Å²) in [4.78, 5) is 29.5. The van der Waals surface area contributed by atoms with Gasteiger partial charge in [-0.2, -0.15) is 0 Å². The maximum Gasteiger partial charge on any atom is 0.303 e. The van der Waals surface area contributed by atoms with E-state index < -0.39 is 12.3 Å². The van der Waals surface area contributed by atoms with Crippen LogP contribution in [0.15, 0.2) is 97.2 Å². The monoisotopic (exact) mass is 623 g/mol. The van der Waals surface area contributed by atoms with Gasteiger partial charge < -0.3 is 29.9 Å². The van der Waals surface area contributed by atoms with E-state index in [2.05, 4.69) is 28.3 Å². The van der Waals surface area contributed by atoms with Crippen LogP contribution >= 0.6 is 0 Å². The molecular formula is C37H41N3O6. The van der Waals surface area contributed by atoms with Gasteiger partial charge >= 0.3 is 5.97 Å². The van der Waals surface area contributed by atoms with Crippen molar-refractivity contribution in [1.82, 2.24) is 15.2 Å². The lowest BCUT2D eigenvalue weighted by Crippen LogP contribution is -2.38. The SMILES string of the molecule is CN(CCc1ccccn1)C[C@@H]1C[C@H](c2ccc(CO)cc2)O[C@H](c2cccc(-c3cccc(CNC(=O)CCC(=O)O)c3)c2)O1. The fraction of sp³-hybridized carbons (Fsp3) is 0.324. The van der Waals surface area contributed by atoms with E-state index in [1.165, 1.54) is 0 Å². The number of carbonyl (C=O) groups excluding carboxylic acids is 1. The van der Waals surface area contributed by atoms with Crippen molar-refractivity contribution < 1.29 is 29.3 Å². The van der Waals surface area contributed by atoms with Crippen LogP contribution in [-0.4, -0.2) is 58.2 Å². The van der Waals surface area contributed by atoms with Gasteiger partial charge in [0.2, 0.25) is 5.91 Å². The topological polar surface area (TPSA) is 121 Å². The maximum absolute atomic E-state index is 12.0. The van der Waals surface area contributed by atoms with Crippen molar-refractivity contribution in [2.75, 3.05) is 20.1 Å². The number of benzene rings is 3. The second kappa shape index (κ2) is 16.2. The highest BCUT2D eigenvalue weighted by molar-refractivity contribution is 5.80. The molecule has 2 heterocycles. The quantitative estimate of drug-likeness (QED) is 0.170. The Morgan fingerprint density at radius 2 is 1.67 bits per heavy atom. The van der Waals surface area contributed by atoms with Gasteiger partial charge in [0.05, 0.1) is 25.2 Å². The molecule has 0 unspecified atom stereocenters. The Morgan fingerprint density at radius 3 is 2.41 bits per heavy atom. The molecule has 240 valence electrons. The molecule has 1 amide bonds. The maximum atomic E-state index is 12.0. The molecule has 1 aromatic heterocycles. The molecule has 1 saturated heterocycles. The summed E-state index contributed by atoms with van der Waals surface area (Å²) in [6.45, 7) is 1.89. The Kier molecular flexibility index (Phi) is 11.6. The number of hydrogen-bond donors (Lipinski definition) is 3. The lowest BCUT2D eigenvalue weighted by Gasteiger charge is -2.38. The molecule has 9 nitrogen and oxygen atoms in total. The Morgan fingerprint density at radius 1 is 0.891 bits per heavy atom. The van der Waals surface area contributed by atoms with Crippen LogP contribution in [0.25, 0.3) is 11.1 Å². The van der Waals surface area contributed by atoms with Gasteiger partial charge in [0.1, 0.15) is 0 Å². The summed E-state index contributed by atoms with van der Waals surface area (Å²) in [5.74, 6) is -1.29. The number of likely N-dealkylation sites (N-methyl/N-ethyl adjacent to an activating group) is 1. The third-order valence-electron chi connectivity index (χ3n) is 8.08. The van der Waals surface area contributed by atoms with Crippen molar-refractivity contribution >= 4 is 11.9 Å². The predicted octanol–water partition coefficient (Wildman–Crippen LogP) is 5.44. The zero-order valence-corrected chi connectivity index (χ0v) is 26.0. The minimum absolute atomic E-state index is 0.00762. The van der Waals surface area contributed by atoms with E-state index in [-0.39, 0.29) is 37.6 Å². The van der Waals surface area contributed by atoms with Crippen LogP contribution in [0.4, 0.5) is 0 Å². The minimum Gasteiger partial charge on any atom is -0.481 e. The van der Waals surface area contributed by atoms with Crippen molar-refractivity contribution in [3.05, 3.63) is 125 Å². The smallest absolute Gasteiger partial charge is 0.303 e. The first-order chi connectivity index (χ1) is 22.4. The first-order valence-electron chi connectivity index (χ1n) is 15.6. The largest absolute Gasteiger partial charge is 0.481 e. The van der Waals surface area contributed by atoms with Gasteiger partial charge in [-0.3, -0.25) is 14.6 Å². The normalized spacial score (nSPS) is 17.9. The third-order valence-corrected chi connectivity index (χ3v) is 8.08. The van der Waals surface area contributed by atoms with Crippen LogP contribution in [0.2, 0.25) is 0 Å². The molecule has 1 aliphatic heterocycles. The molecule has 1 fully saturated rings. The summed E-state index contributed by atoms with van der Waals surface area (Å²) in [7, 11) is 2.10.